The van der Waals surface area contributed by atoms with Crippen molar-refractivity contribution in [2.24, 2.45) is 0 Å². The summed E-state index contributed by atoms with van der Waals surface area (Å²) in [6, 6.07) is 0. The average molecular weight is 222 g/mol. The second kappa shape index (κ2) is 5.75. The molecule has 0 amide bonds. The van der Waals surface area contributed by atoms with Crippen LogP contribution in [0.15, 0.2) is 11.1 Å². The van der Waals surface area contributed by atoms with Crippen LogP contribution in [0.2, 0.25) is 0 Å². The Morgan fingerprint density at radius 1 is 1.73 bits per heavy atom. The average Bonchev–Trinajstić information content (AvgIpc) is 1.82. The Kier molecular flexibility index (Phi) is 5.82. The van der Waals surface area contributed by atoms with Crippen LogP contribution in [0.5, 0.6) is 0 Å². The quantitative estimate of drug-likeness (QED) is 0.763. The van der Waals surface area contributed by atoms with E-state index in [9.17, 15) is 0 Å². The molecule has 0 aliphatic heterocycles. The Morgan fingerprint density at radius 2 is 2.27 bits per heavy atom. The van der Waals surface area contributed by atoms with Gasteiger partial charge in [0.25, 0.3) is 0 Å². The summed E-state index contributed by atoms with van der Waals surface area (Å²) < 4.78 is 0.977. The minimum atomic E-state index is -0.207. The van der Waals surface area contributed by atoms with E-state index in [-0.39, 0.29) is 6.10 Å². The molecule has 1 N–H and O–H groups in total. The smallest absolute Gasteiger partial charge is 0.0524 e. The number of hydrogen-bond donors (Lipinski definition) is 1. The Bertz CT molecular complexity index is 125. The fourth-order valence-electron chi connectivity index (χ4n) is 0.779. The van der Waals surface area contributed by atoms with Crippen molar-refractivity contribution in [2.45, 2.75) is 19.4 Å². The third kappa shape index (κ3) is 8.04. The van der Waals surface area contributed by atoms with E-state index in [0.29, 0.717) is 0 Å². The van der Waals surface area contributed by atoms with E-state index in [1.54, 1.807) is 6.92 Å². The van der Waals surface area contributed by atoms with Gasteiger partial charge in [-0.3, -0.25) is 0 Å². The van der Waals surface area contributed by atoms with Crippen LogP contribution in [0, 0.1) is 0 Å². The van der Waals surface area contributed by atoms with E-state index < -0.39 is 0 Å². The highest BCUT2D eigenvalue weighted by atomic mass is 79.9. The number of aliphatic hydroxyl groups excluding tert-OH is 1. The molecule has 0 aromatic rings. The molecule has 0 aromatic carbocycles. The molecule has 0 bridgehead atoms. The largest absolute Gasteiger partial charge is 0.393 e. The summed E-state index contributed by atoms with van der Waals surface area (Å²) in [6.07, 6.45) is 0.609. The van der Waals surface area contributed by atoms with Crippen molar-refractivity contribution in [3.8, 4) is 0 Å². The normalized spacial score (nSPS) is 13.5. The highest BCUT2D eigenvalue weighted by Crippen LogP contribution is 2.03. The van der Waals surface area contributed by atoms with Crippen molar-refractivity contribution in [1.82, 2.24) is 4.90 Å². The topological polar surface area (TPSA) is 23.5 Å². The first-order chi connectivity index (χ1) is 5.02. The highest BCUT2D eigenvalue weighted by molar-refractivity contribution is 9.11. The summed E-state index contributed by atoms with van der Waals surface area (Å²) in [5.74, 6) is 0. The van der Waals surface area contributed by atoms with E-state index in [2.05, 4.69) is 27.4 Å². The van der Waals surface area contributed by atoms with E-state index in [1.165, 1.54) is 0 Å². The Labute approximate surface area is 77.0 Å². The molecule has 1 unspecified atom stereocenters. The summed E-state index contributed by atoms with van der Waals surface area (Å²) in [7, 11) is 2.01. The molecule has 0 saturated carbocycles. The molecule has 0 saturated heterocycles. The zero-order valence-electron chi connectivity index (χ0n) is 7.18. The van der Waals surface area contributed by atoms with Crippen LogP contribution in [0.1, 0.15) is 13.3 Å². The number of nitrogens with zero attached hydrogens (tertiary/aromatic N) is 1. The molecule has 3 heteroatoms. The summed E-state index contributed by atoms with van der Waals surface area (Å²) in [4.78, 5) is 2.11. The van der Waals surface area contributed by atoms with Crippen molar-refractivity contribution in [3.05, 3.63) is 11.1 Å². The van der Waals surface area contributed by atoms with Gasteiger partial charge in [-0.2, -0.15) is 0 Å². The Balaban J connectivity index is 3.37. The van der Waals surface area contributed by atoms with Gasteiger partial charge in [0, 0.05) is 17.6 Å². The molecule has 11 heavy (non-hydrogen) atoms. The minimum absolute atomic E-state index is 0.207. The van der Waals surface area contributed by atoms with Crippen LogP contribution in [0.25, 0.3) is 0 Å². The van der Waals surface area contributed by atoms with Gasteiger partial charge in [0.2, 0.25) is 0 Å². The van der Waals surface area contributed by atoms with Crippen LogP contribution < -0.4 is 0 Å². The van der Waals surface area contributed by atoms with Crippen LogP contribution >= 0.6 is 15.9 Å². The lowest BCUT2D eigenvalue weighted by Crippen LogP contribution is -2.23. The molecule has 0 radical (unpaired) electrons. The number of rotatable bonds is 5. The summed E-state index contributed by atoms with van der Waals surface area (Å²) in [5.41, 5.74) is 0. The third-order valence-electron chi connectivity index (χ3n) is 1.37. The van der Waals surface area contributed by atoms with Gasteiger partial charge in [0.05, 0.1) is 6.10 Å². The first kappa shape index (κ1) is 11.1. The Hall–Kier alpha value is 0.140. The van der Waals surface area contributed by atoms with Gasteiger partial charge < -0.3 is 10.0 Å². The van der Waals surface area contributed by atoms with E-state index >= 15 is 0 Å². The standard InChI is InChI=1S/C8H16BrNO/c1-7(9)6-10(3)5-4-8(2)11/h8,11H,1,4-6H2,2-3H3. The van der Waals surface area contributed by atoms with Gasteiger partial charge in [0.1, 0.15) is 0 Å². The van der Waals surface area contributed by atoms with Gasteiger partial charge >= 0.3 is 0 Å². The van der Waals surface area contributed by atoms with E-state index in [0.717, 1.165) is 24.0 Å². The highest BCUT2D eigenvalue weighted by Gasteiger charge is 2.00. The molecule has 0 spiro atoms. The van der Waals surface area contributed by atoms with Crippen LogP contribution in [-0.2, 0) is 0 Å². The minimum Gasteiger partial charge on any atom is -0.393 e. The van der Waals surface area contributed by atoms with E-state index in [4.69, 9.17) is 5.11 Å². The second-order valence-electron chi connectivity index (χ2n) is 2.89. The van der Waals surface area contributed by atoms with Gasteiger partial charge in [-0.1, -0.05) is 22.5 Å². The van der Waals surface area contributed by atoms with Gasteiger partial charge in [-0.15, -0.1) is 0 Å². The maximum absolute atomic E-state index is 8.97. The van der Waals surface area contributed by atoms with Crippen molar-refractivity contribution < 1.29 is 5.11 Å². The third-order valence-corrected chi connectivity index (χ3v) is 1.62. The molecule has 66 valence electrons. The fourth-order valence-corrected chi connectivity index (χ4v) is 1.21. The van der Waals surface area contributed by atoms with Gasteiger partial charge in [-0.05, 0) is 20.4 Å². The molecule has 0 aromatic heterocycles. The van der Waals surface area contributed by atoms with Crippen LogP contribution in [0.3, 0.4) is 0 Å². The molecule has 0 heterocycles. The summed E-state index contributed by atoms with van der Waals surface area (Å²) in [5, 5.41) is 8.97. The van der Waals surface area contributed by atoms with Crippen molar-refractivity contribution >= 4 is 15.9 Å². The zero-order chi connectivity index (χ0) is 8.85. The van der Waals surface area contributed by atoms with Gasteiger partial charge in [0.15, 0.2) is 0 Å². The molecule has 0 aliphatic carbocycles. The molecule has 0 rings (SSSR count). The fraction of sp³-hybridized carbons (Fsp3) is 0.750. The van der Waals surface area contributed by atoms with Crippen LogP contribution in [-0.4, -0.2) is 36.2 Å². The lowest BCUT2D eigenvalue weighted by Gasteiger charge is -2.16. The number of halogens is 1. The first-order valence-corrected chi connectivity index (χ1v) is 4.51. The SMILES string of the molecule is C=C(Br)CN(C)CCC(C)O. The van der Waals surface area contributed by atoms with Crippen molar-refractivity contribution in [2.75, 3.05) is 20.1 Å². The monoisotopic (exact) mass is 221 g/mol. The summed E-state index contributed by atoms with van der Waals surface area (Å²) in [6.45, 7) is 7.28. The lowest BCUT2D eigenvalue weighted by molar-refractivity contribution is 0.167. The molecule has 1 atom stereocenters. The maximum atomic E-state index is 8.97. The number of aliphatic hydroxyl groups is 1. The predicted octanol–water partition coefficient (Wildman–Crippen LogP) is 1.60. The molecule has 0 fully saturated rings. The summed E-state index contributed by atoms with van der Waals surface area (Å²) >= 11 is 3.28. The van der Waals surface area contributed by atoms with E-state index in [1.807, 2.05) is 7.05 Å². The van der Waals surface area contributed by atoms with Gasteiger partial charge in [-0.25, -0.2) is 0 Å². The lowest BCUT2D eigenvalue weighted by atomic mass is 10.3. The molecular weight excluding hydrogens is 206 g/mol. The van der Waals surface area contributed by atoms with Crippen molar-refractivity contribution in [3.63, 3.8) is 0 Å². The van der Waals surface area contributed by atoms with Crippen molar-refractivity contribution in [1.29, 1.82) is 0 Å². The first-order valence-electron chi connectivity index (χ1n) is 3.72. The maximum Gasteiger partial charge on any atom is 0.0524 e. The Morgan fingerprint density at radius 3 is 2.64 bits per heavy atom. The van der Waals surface area contributed by atoms with Crippen LogP contribution in [0.4, 0.5) is 0 Å². The predicted molar refractivity (Wildman–Crippen MR) is 51.9 cm³/mol. The molecule has 2 nitrogen and oxygen atoms in total. The number of likely N-dealkylation sites (N-methyl/N-ethyl adjacent to an activating group) is 1. The molecular formula is C8H16BrNO. The number of hydrogen-bond acceptors (Lipinski definition) is 2. The zero-order valence-corrected chi connectivity index (χ0v) is 8.76. The molecule has 0 aliphatic rings. The second-order valence-corrected chi connectivity index (χ2v) is 4.01.